The summed E-state index contributed by atoms with van der Waals surface area (Å²) in [7, 11) is -7.28. The van der Waals surface area contributed by atoms with Gasteiger partial charge in [0.15, 0.2) is 0 Å². The Kier molecular flexibility index (Phi) is 93.3. The molecule has 0 fully saturated rings. The van der Waals surface area contributed by atoms with E-state index in [1.807, 2.05) is 256 Å². The van der Waals surface area contributed by atoms with Crippen LogP contribution in [-0.2, 0) is 28.0 Å². The molecule has 0 atom stereocenters. The quantitative estimate of drug-likeness (QED) is 0.0370. The third kappa shape index (κ3) is 59.6. The zero-order valence-electron chi connectivity index (χ0n) is 64.1. The fourth-order valence-corrected chi connectivity index (χ4v) is 19.3. The Morgan fingerprint density at radius 1 is 0.485 bits per heavy atom. The van der Waals surface area contributed by atoms with Gasteiger partial charge in [-0.25, -0.2) is 9.59 Å². The molecule has 0 unspecified atom stereocenters. The van der Waals surface area contributed by atoms with Crippen LogP contribution in [0.3, 0.4) is 0 Å². The number of benzene rings is 5. The van der Waals surface area contributed by atoms with Gasteiger partial charge < -0.3 is 42.6 Å². The number of para-hydroxylation sites is 5. The maximum absolute atomic E-state index is 12.3. The summed E-state index contributed by atoms with van der Waals surface area (Å²) >= 11 is 27.9. The maximum atomic E-state index is 12.3. The third-order valence-electron chi connectivity index (χ3n) is 11.9. The zero-order valence-corrected chi connectivity index (χ0v) is 95.8. The molecule has 29 heteroatoms. The molecule has 1 heterocycles. The number of aromatic carboxylic acids is 1. The fraction of sp³-hybridized carbons (Fsp3) is 0.542. The second-order valence-corrected chi connectivity index (χ2v) is 88.0. The first-order chi connectivity index (χ1) is 46.0. The van der Waals surface area contributed by atoms with Crippen LogP contribution in [0.1, 0.15) is 228 Å². The minimum atomic E-state index is -2.89. The van der Waals surface area contributed by atoms with Crippen LogP contribution in [0.4, 0.5) is 0 Å². The van der Waals surface area contributed by atoms with E-state index in [2.05, 4.69) is 309 Å². The average molecular weight is 2890 g/mol. The molecule has 0 radical (unpaired) electrons. The number of carbonyl (C=O) groups excluding carboxylic acids is 1. The van der Waals surface area contributed by atoms with Crippen LogP contribution in [-0.4, -0.2) is 64.8 Å². The van der Waals surface area contributed by atoms with Crippen molar-refractivity contribution < 1.29 is 75.8 Å². The molecule has 0 aliphatic carbocycles. The van der Waals surface area contributed by atoms with Gasteiger partial charge in [-0.3, -0.25) is 0 Å². The van der Waals surface area contributed by atoms with E-state index in [9.17, 15) is 19.2 Å². The summed E-state index contributed by atoms with van der Waals surface area (Å²) in [6.07, 6.45) is 0. The summed E-state index contributed by atoms with van der Waals surface area (Å²) in [6.45, 7) is 63.5. The van der Waals surface area contributed by atoms with E-state index < -0.39 is 31.7 Å². The Morgan fingerprint density at radius 3 is 0.941 bits per heavy atom. The molecular formula is C72H122I12O12Si3V2. The number of fused-ring (bicyclic) bond motifs is 1. The van der Waals surface area contributed by atoms with Gasteiger partial charge in [0.1, 0.15) is 34.2 Å². The molecule has 101 heavy (non-hydrogen) atoms. The van der Waals surface area contributed by atoms with Crippen molar-refractivity contribution in [1.29, 1.82) is 0 Å². The van der Waals surface area contributed by atoms with Crippen molar-refractivity contribution in [2.45, 2.75) is 238 Å². The zero-order chi connectivity index (χ0) is 81.9. The first kappa shape index (κ1) is 129. The molecular weight excluding hydrogens is 2770 g/mol. The van der Waals surface area contributed by atoms with Crippen LogP contribution in [0.25, 0.3) is 0 Å². The number of alkyl halides is 8. The molecule has 0 spiro atoms. The van der Waals surface area contributed by atoms with Gasteiger partial charge in [0.2, 0.25) is 0 Å². The predicted octanol–water partition coefficient (Wildman–Crippen LogP) is 31.5. The molecule has 12 nitrogen and oxygen atoms in total. The molecule has 0 saturated heterocycles. The Labute approximate surface area is 786 Å². The van der Waals surface area contributed by atoms with E-state index in [0.29, 0.717) is 36.0 Å². The van der Waals surface area contributed by atoms with E-state index in [4.69, 9.17) is 37.7 Å². The van der Waals surface area contributed by atoms with Crippen LogP contribution in [0.5, 0.6) is 28.7 Å². The first-order valence-electron chi connectivity index (χ1n) is 31.7. The van der Waals surface area contributed by atoms with Crippen LogP contribution in [0, 0.1) is 13.6 Å². The van der Waals surface area contributed by atoms with Gasteiger partial charge in [-0.1, -0.05) is 461 Å². The van der Waals surface area contributed by atoms with E-state index in [0.717, 1.165) is 16.9 Å². The fourth-order valence-electron chi connectivity index (χ4n) is 8.22. The Hall–Kier alpha value is 4.28. The number of hydrogen-bond donors (Lipinski definition) is 5. The van der Waals surface area contributed by atoms with Crippen LogP contribution >= 0.6 is 261 Å². The van der Waals surface area contributed by atoms with Gasteiger partial charge in [0.05, 0.1) is 8.00 Å². The number of carboxylic acid groups (broad SMARTS) is 1. The minimum absolute atomic E-state index is 0. The number of aryl methyl sites for hydroxylation is 1. The van der Waals surface area contributed by atoms with E-state index in [1.165, 1.54) is 14.6 Å². The summed E-state index contributed by atoms with van der Waals surface area (Å²) in [6, 6.07) is 39.6. The van der Waals surface area contributed by atoms with Crippen molar-refractivity contribution in [3.05, 3.63) is 157 Å². The number of hydrogen-bond acceptors (Lipinski definition) is 10. The molecule has 0 amide bonds. The van der Waals surface area contributed by atoms with E-state index >= 15 is 0 Å². The first-order valence-corrected chi connectivity index (χ1v) is 65.8. The molecule has 5 aromatic carbocycles. The standard InChI is InChI=1S/C15H22O3Si.2C14H24O2Si.C7H6O3.C7H8O.5C2H6.2CHI3.CH2I2.CO.CH4.4HI.2V/c1-14(2,3)19(15(4,5)6)17-12-10-8-7-9-11(12)13(16)18-19;2*1-13(2,3)17(15,14(4,5)6)16-12-10-8-7-9-11-12;8-6-4-2-1-3-5(6)7(9)10;1-6-4-2-3-5-7(6)8;5*1-2;2*2-1(3)4;2-1-3;1-2;;;;;;;/h7-10H,1-6H3;2*7-11,15H,1-6H3;1-4,8H,(H,9,10);2-5,8H,1H3;5*1-2H3;2*1H;1H2;;1H4;4*1H;;/q;;;;;;;;;;;;;;;;;;;2*+2/p-4. The second-order valence-electron chi connectivity index (χ2n) is 24.6. The van der Waals surface area contributed by atoms with Gasteiger partial charge >= 0.3 is 148 Å². The van der Waals surface area contributed by atoms with Gasteiger partial charge in [-0.05, 0) is 67.1 Å². The normalized spacial score (nSPS) is 11.1. The molecule has 1 aliphatic heterocycles. The van der Waals surface area contributed by atoms with E-state index in [1.54, 1.807) is 24.3 Å². The number of rotatable bonds is 5. The van der Waals surface area contributed by atoms with Crippen LogP contribution < -0.4 is 13.3 Å². The monoisotopic (exact) mass is 2890 g/mol. The summed E-state index contributed by atoms with van der Waals surface area (Å²) < 4.78 is 34.4. The number of aromatic hydroxyl groups is 2. The van der Waals surface area contributed by atoms with Gasteiger partial charge in [0, 0.05) is 30.2 Å². The molecule has 5 aromatic rings. The van der Waals surface area contributed by atoms with E-state index in [-0.39, 0.29) is 54.9 Å². The van der Waals surface area contributed by atoms with Crippen LogP contribution in [0.2, 0.25) is 30.2 Å². The number of carbonyl (C=O) groups is 2. The predicted molar refractivity (Wildman–Crippen MR) is 543 cm³/mol. The Balaban J connectivity index is -0.000000103. The Morgan fingerprint density at radius 2 is 0.723 bits per heavy atom. The van der Waals surface area contributed by atoms with Gasteiger partial charge in [0.25, 0.3) is 0 Å². The number of halogens is 12. The van der Waals surface area contributed by atoms with Crippen molar-refractivity contribution in [2.24, 2.45) is 0 Å². The molecule has 5 N–H and O–H groups in total. The van der Waals surface area contributed by atoms with Crippen molar-refractivity contribution in [3.63, 3.8) is 0 Å². The second kappa shape index (κ2) is 73.2. The summed E-state index contributed by atoms with van der Waals surface area (Å²) in [5.41, 5.74) is 1.38. The third-order valence-corrected chi connectivity index (χ3v) is 26.0. The molecule has 0 aromatic heterocycles. The van der Waals surface area contributed by atoms with Crippen molar-refractivity contribution >= 4 is 298 Å². The number of phenols is 2. The molecule has 1 aliphatic rings. The average Bonchev–Trinajstić information content (AvgIpc) is 0.739. The Bertz CT molecular complexity index is 2580. The van der Waals surface area contributed by atoms with Crippen molar-refractivity contribution in [3.8, 4) is 28.7 Å². The molecule has 588 valence electrons. The van der Waals surface area contributed by atoms with Crippen LogP contribution in [0.15, 0.2) is 133 Å². The molecule has 0 bridgehead atoms. The topological polar surface area (TPSA) is 192 Å². The van der Waals surface area contributed by atoms with Gasteiger partial charge in [-0.15, -0.1) is 0 Å². The summed E-state index contributed by atoms with van der Waals surface area (Å²) in [5, 5.41) is 24.9. The number of carboxylic acids is 1. The van der Waals surface area contributed by atoms with Gasteiger partial charge in [-0.2, -0.15) is 0 Å². The summed E-state index contributed by atoms with van der Waals surface area (Å²) in [4.78, 5) is 44.7. The summed E-state index contributed by atoms with van der Waals surface area (Å²) in [5.74, 6) is 0.979. The van der Waals surface area contributed by atoms with Crippen molar-refractivity contribution in [1.82, 2.24) is 0 Å². The SMILES string of the molecule is C.CC.CC.CC.CC.CC.CC(C)(C)[Si](O)(Oc1ccccc1)C(C)(C)C.CC(C)(C)[Si](O)(Oc1ccccc1)C(C)(C)C.CC(C)(C)[Si]1(C(C)(C)C)OC(=O)c2ccccc2O1.Cc1ccccc1O.IC(I)I.IC(I)I.ICI.O=C(O)c1ccccc1O.[C-]#[O+].[I][V][I].[I][V][I]. The molecule has 6 rings (SSSR count). The number of phenolic OH excluding ortho intramolecular Hbond substituents is 1. The van der Waals surface area contributed by atoms with Crippen molar-refractivity contribution in [2.75, 3.05) is 2.43 Å². The molecule has 0 saturated carbocycles.